The van der Waals surface area contributed by atoms with Gasteiger partial charge in [-0.15, -0.1) is 0 Å². The molecule has 0 atom stereocenters. The number of nitrogens with zero attached hydrogens (tertiary/aromatic N) is 2. The number of aryl methyl sites for hydroxylation is 1. The van der Waals surface area contributed by atoms with E-state index >= 15 is 0 Å². The van der Waals surface area contributed by atoms with Gasteiger partial charge >= 0.3 is 0 Å². The van der Waals surface area contributed by atoms with Gasteiger partial charge in [-0.25, -0.2) is 4.98 Å². The predicted octanol–water partition coefficient (Wildman–Crippen LogP) is 2.36. The van der Waals surface area contributed by atoms with Crippen LogP contribution in [0.25, 0.3) is 0 Å². The van der Waals surface area contributed by atoms with Crippen LogP contribution in [0.15, 0.2) is 24.4 Å². The molecule has 2 N–H and O–H groups in total. The van der Waals surface area contributed by atoms with Crippen molar-refractivity contribution in [3.63, 3.8) is 0 Å². The normalized spacial score (nSPS) is 10.7. The van der Waals surface area contributed by atoms with Gasteiger partial charge in [-0.3, -0.25) is 0 Å². The number of aromatic nitrogens is 2. The molecular formula is C13H16ClN3O. The molecule has 1 aromatic heterocycles. The fourth-order valence-corrected chi connectivity index (χ4v) is 2.08. The summed E-state index contributed by atoms with van der Waals surface area (Å²) in [5.74, 6) is 1.75. The monoisotopic (exact) mass is 265 g/mol. The molecule has 2 aromatic rings. The summed E-state index contributed by atoms with van der Waals surface area (Å²) in [6.45, 7) is 3.07. The molecule has 0 aliphatic heterocycles. The second-order valence-electron chi connectivity index (χ2n) is 4.07. The van der Waals surface area contributed by atoms with E-state index in [0.717, 1.165) is 22.8 Å². The lowest BCUT2D eigenvalue weighted by Crippen LogP contribution is -2.02. The predicted molar refractivity (Wildman–Crippen MR) is 72.0 cm³/mol. The highest BCUT2D eigenvalue weighted by Gasteiger charge is 2.08. The van der Waals surface area contributed by atoms with Gasteiger partial charge in [-0.1, -0.05) is 11.6 Å². The summed E-state index contributed by atoms with van der Waals surface area (Å²) in [5, 5.41) is 0.697. The number of ether oxygens (including phenoxy) is 1. The first-order valence-corrected chi connectivity index (χ1v) is 6.07. The van der Waals surface area contributed by atoms with E-state index in [1.54, 1.807) is 7.11 Å². The van der Waals surface area contributed by atoms with Gasteiger partial charge in [-0.05, 0) is 25.1 Å². The molecule has 0 bridgehead atoms. The van der Waals surface area contributed by atoms with Crippen LogP contribution in [0.5, 0.6) is 5.75 Å². The molecule has 0 saturated carbocycles. The van der Waals surface area contributed by atoms with Crippen LogP contribution in [-0.4, -0.2) is 16.7 Å². The highest BCUT2D eigenvalue weighted by atomic mass is 35.5. The van der Waals surface area contributed by atoms with E-state index in [-0.39, 0.29) is 0 Å². The van der Waals surface area contributed by atoms with Crippen LogP contribution in [0.2, 0.25) is 5.02 Å². The second kappa shape index (κ2) is 5.42. The zero-order valence-electron chi connectivity index (χ0n) is 10.5. The second-order valence-corrected chi connectivity index (χ2v) is 4.50. The van der Waals surface area contributed by atoms with Crippen molar-refractivity contribution >= 4 is 11.6 Å². The minimum absolute atomic E-state index is 0.445. The number of nitrogens with two attached hydrogens (primary N) is 1. The summed E-state index contributed by atoms with van der Waals surface area (Å²) in [6.07, 6.45) is 1.95. The molecule has 0 spiro atoms. The minimum atomic E-state index is 0.445. The number of hydrogen-bond donors (Lipinski definition) is 1. The Morgan fingerprint density at radius 3 is 2.83 bits per heavy atom. The largest absolute Gasteiger partial charge is 0.496 e. The number of rotatable bonds is 4. The Labute approximate surface area is 111 Å². The van der Waals surface area contributed by atoms with Crippen LogP contribution in [0.3, 0.4) is 0 Å². The number of hydrogen-bond acceptors (Lipinski definition) is 3. The van der Waals surface area contributed by atoms with Gasteiger partial charge < -0.3 is 15.0 Å². The molecular weight excluding hydrogens is 250 g/mol. The molecule has 96 valence electrons. The van der Waals surface area contributed by atoms with E-state index in [0.29, 0.717) is 18.1 Å². The number of halogens is 1. The van der Waals surface area contributed by atoms with E-state index in [1.165, 1.54) is 0 Å². The van der Waals surface area contributed by atoms with Gasteiger partial charge in [0.05, 0.1) is 19.3 Å². The van der Waals surface area contributed by atoms with E-state index in [9.17, 15) is 0 Å². The standard InChI is InChI=1S/C13H16ClN3O/c1-9-16-12(6-15)8-17(9)7-10-5-11(14)3-4-13(10)18-2/h3-5,8H,6-7,15H2,1-2H3. The molecule has 1 aromatic carbocycles. The maximum absolute atomic E-state index is 6.01. The Bertz CT molecular complexity index is 551. The van der Waals surface area contributed by atoms with E-state index in [4.69, 9.17) is 22.1 Å². The van der Waals surface area contributed by atoms with Gasteiger partial charge in [-0.2, -0.15) is 0 Å². The zero-order valence-corrected chi connectivity index (χ0v) is 11.2. The van der Waals surface area contributed by atoms with E-state index in [2.05, 4.69) is 4.98 Å². The molecule has 5 heteroatoms. The average Bonchev–Trinajstić information content (AvgIpc) is 2.71. The Hall–Kier alpha value is -1.52. The van der Waals surface area contributed by atoms with E-state index in [1.807, 2.05) is 35.9 Å². The third-order valence-electron chi connectivity index (χ3n) is 2.82. The van der Waals surface area contributed by atoms with Crippen LogP contribution in [0, 0.1) is 6.92 Å². The Balaban J connectivity index is 2.32. The third kappa shape index (κ3) is 2.66. The van der Waals surface area contributed by atoms with Crippen molar-refractivity contribution < 1.29 is 4.74 Å². The van der Waals surface area contributed by atoms with E-state index < -0.39 is 0 Å². The molecule has 4 nitrogen and oxygen atoms in total. The van der Waals surface area contributed by atoms with Gasteiger partial charge in [0, 0.05) is 23.3 Å². The maximum atomic E-state index is 6.01. The quantitative estimate of drug-likeness (QED) is 0.923. The summed E-state index contributed by atoms with van der Waals surface area (Å²) in [4.78, 5) is 4.37. The van der Waals surface area contributed by atoms with Crippen molar-refractivity contribution in [2.24, 2.45) is 5.73 Å². The maximum Gasteiger partial charge on any atom is 0.123 e. The topological polar surface area (TPSA) is 53.1 Å². The van der Waals surface area contributed by atoms with Crippen molar-refractivity contribution in [3.05, 3.63) is 46.5 Å². The summed E-state index contributed by atoms with van der Waals surface area (Å²) >= 11 is 6.01. The molecule has 0 saturated heterocycles. The van der Waals surface area contributed by atoms with Crippen molar-refractivity contribution in [2.45, 2.75) is 20.0 Å². The Kier molecular flexibility index (Phi) is 3.89. The van der Waals surface area contributed by atoms with Crippen molar-refractivity contribution in [1.29, 1.82) is 0 Å². The van der Waals surface area contributed by atoms with Crippen LogP contribution >= 0.6 is 11.6 Å². The van der Waals surface area contributed by atoms with Gasteiger partial charge in [0.2, 0.25) is 0 Å². The Morgan fingerprint density at radius 2 is 2.22 bits per heavy atom. The third-order valence-corrected chi connectivity index (χ3v) is 3.05. The molecule has 0 aliphatic rings. The van der Waals surface area contributed by atoms with Crippen LogP contribution in [0.4, 0.5) is 0 Å². The molecule has 0 fully saturated rings. The van der Waals surface area contributed by atoms with Crippen LogP contribution in [0.1, 0.15) is 17.1 Å². The summed E-state index contributed by atoms with van der Waals surface area (Å²) in [6, 6.07) is 5.59. The summed E-state index contributed by atoms with van der Waals surface area (Å²) in [5.41, 5.74) is 7.49. The van der Waals surface area contributed by atoms with Gasteiger partial charge in [0.25, 0.3) is 0 Å². The smallest absolute Gasteiger partial charge is 0.123 e. The lowest BCUT2D eigenvalue weighted by Gasteiger charge is -2.10. The lowest BCUT2D eigenvalue weighted by molar-refractivity contribution is 0.408. The molecule has 1 heterocycles. The SMILES string of the molecule is COc1ccc(Cl)cc1Cn1cc(CN)nc1C. The molecule has 0 amide bonds. The minimum Gasteiger partial charge on any atom is -0.496 e. The van der Waals surface area contributed by atoms with Crippen molar-refractivity contribution in [1.82, 2.24) is 9.55 Å². The summed E-state index contributed by atoms with van der Waals surface area (Å²) < 4.78 is 7.37. The highest BCUT2D eigenvalue weighted by molar-refractivity contribution is 6.30. The molecule has 0 aliphatic carbocycles. The highest BCUT2D eigenvalue weighted by Crippen LogP contribution is 2.24. The first kappa shape index (κ1) is 12.9. The molecule has 0 unspecified atom stereocenters. The molecule has 18 heavy (non-hydrogen) atoms. The average molecular weight is 266 g/mol. The van der Waals surface area contributed by atoms with Crippen LogP contribution < -0.4 is 10.5 Å². The van der Waals surface area contributed by atoms with Gasteiger partial charge in [0.15, 0.2) is 0 Å². The number of methoxy groups -OCH3 is 1. The van der Waals surface area contributed by atoms with Crippen molar-refractivity contribution in [2.75, 3.05) is 7.11 Å². The first-order valence-electron chi connectivity index (χ1n) is 5.69. The fraction of sp³-hybridized carbons (Fsp3) is 0.308. The molecule has 0 radical (unpaired) electrons. The molecule has 2 rings (SSSR count). The fourth-order valence-electron chi connectivity index (χ4n) is 1.89. The number of benzene rings is 1. The van der Waals surface area contributed by atoms with Crippen LogP contribution in [-0.2, 0) is 13.1 Å². The van der Waals surface area contributed by atoms with Gasteiger partial charge in [0.1, 0.15) is 11.6 Å². The summed E-state index contributed by atoms with van der Waals surface area (Å²) in [7, 11) is 1.65. The lowest BCUT2D eigenvalue weighted by atomic mass is 10.2. The zero-order chi connectivity index (χ0) is 13.1. The number of imidazole rings is 1. The van der Waals surface area contributed by atoms with Crippen molar-refractivity contribution in [3.8, 4) is 5.75 Å². The first-order chi connectivity index (χ1) is 8.63. The Morgan fingerprint density at radius 1 is 1.44 bits per heavy atom.